The van der Waals surface area contributed by atoms with Gasteiger partial charge in [-0.25, -0.2) is 13.1 Å². The highest BCUT2D eigenvalue weighted by Gasteiger charge is 2.35. The molecule has 2 N–H and O–H groups in total. The molecule has 0 saturated carbocycles. The fraction of sp³-hybridized carbons (Fsp3) is 0.302. The van der Waals surface area contributed by atoms with Gasteiger partial charge in [0.05, 0.1) is 17.1 Å². The predicted molar refractivity (Wildman–Crippen MR) is 224 cm³/mol. The van der Waals surface area contributed by atoms with E-state index in [1.165, 1.54) is 23.9 Å². The third-order valence-electron chi connectivity index (χ3n) is 9.56. The number of carbonyl (C=O) groups is 2. The summed E-state index contributed by atoms with van der Waals surface area (Å²) in [6, 6.07) is 28.4. The van der Waals surface area contributed by atoms with E-state index in [1.54, 1.807) is 9.62 Å². The van der Waals surface area contributed by atoms with Gasteiger partial charge in [-0.2, -0.15) is 13.2 Å². The maximum absolute atomic E-state index is 14.0. The van der Waals surface area contributed by atoms with Crippen LogP contribution in [0.15, 0.2) is 113 Å². The molecule has 59 heavy (non-hydrogen) atoms. The first-order chi connectivity index (χ1) is 28.0. The van der Waals surface area contributed by atoms with Crippen molar-refractivity contribution in [3.63, 3.8) is 0 Å². The summed E-state index contributed by atoms with van der Waals surface area (Å²) in [5.74, 6) is 0.354. The van der Waals surface area contributed by atoms with Crippen LogP contribution in [0, 0.1) is 0 Å². The normalized spacial score (nSPS) is 13.5. The summed E-state index contributed by atoms with van der Waals surface area (Å²) in [5, 5.41) is 10.8. The number of benzene rings is 4. The number of halogens is 3. The van der Waals surface area contributed by atoms with Crippen molar-refractivity contribution in [2.45, 2.75) is 49.1 Å². The molecule has 0 unspecified atom stereocenters. The number of carbonyl (C=O) groups excluding carboxylic acids is 2. The number of rotatable bonds is 13. The molecule has 0 radical (unpaired) electrons. The number of alkyl halides is 3. The summed E-state index contributed by atoms with van der Waals surface area (Å²) < 4.78 is 75.8. The maximum Gasteiger partial charge on any atom is 0.418 e. The number of hydrogen-bond acceptors (Lipinski definition) is 10. The molecule has 1 aliphatic heterocycles. The van der Waals surface area contributed by atoms with Crippen molar-refractivity contribution in [3.05, 3.63) is 126 Å². The first-order valence-electron chi connectivity index (χ1n) is 19.0. The summed E-state index contributed by atoms with van der Waals surface area (Å²) in [6.07, 6.45) is -4.87. The van der Waals surface area contributed by atoms with E-state index in [0.29, 0.717) is 56.0 Å². The van der Waals surface area contributed by atoms with Gasteiger partial charge in [0.15, 0.2) is 11.5 Å². The number of piperazine rings is 1. The molecular weight excluding hydrogens is 802 g/mol. The molecule has 5 aromatic rings. The summed E-state index contributed by atoms with van der Waals surface area (Å²) in [6.45, 7) is 10.6. The molecule has 6 rings (SSSR count). The monoisotopic (exact) mass is 846 g/mol. The van der Waals surface area contributed by atoms with Gasteiger partial charge in [0.2, 0.25) is 0 Å². The maximum atomic E-state index is 14.0. The molecule has 0 spiro atoms. The Balaban J connectivity index is 1.07. The van der Waals surface area contributed by atoms with E-state index in [9.17, 15) is 31.2 Å². The van der Waals surface area contributed by atoms with Gasteiger partial charge >= 0.3 is 6.18 Å². The lowest BCUT2D eigenvalue weighted by Crippen LogP contribution is -2.49. The van der Waals surface area contributed by atoms with Crippen molar-refractivity contribution in [1.82, 2.24) is 19.8 Å². The number of ether oxygens (including phenoxy) is 1. The minimum Gasteiger partial charge on any atom is -0.494 e. The number of nitrogens with one attached hydrogen (secondary N) is 2. The fourth-order valence-corrected chi connectivity index (χ4v) is 8.18. The molecule has 310 valence electrons. The Bertz CT molecular complexity index is 2380. The highest BCUT2D eigenvalue weighted by atomic mass is 32.2. The zero-order valence-corrected chi connectivity index (χ0v) is 34.7. The van der Waals surface area contributed by atoms with Gasteiger partial charge in [0.1, 0.15) is 5.75 Å². The van der Waals surface area contributed by atoms with Crippen LogP contribution in [0.4, 0.5) is 24.7 Å². The van der Waals surface area contributed by atoms with Gasteiger partial charge in [0.25, 0.3) is 21.8 Å². The zero-order chi connectivity index (χ0) is 42.4. The van der Waals surface area contributed by atoms with Crippen molar-refractivity contribution < 1.29 is 35.9 Å². The topological polar surface area (TPSA) is 134 Å². The second-order valence-electron chi connectivity index (χ2n) is 14.8. The number of aromatic nitrogens is 2. The fourth-order valence-electron chi connectivity index (χ4n) is 6.40. The average Bonchev–Trinajstić information content (AvgIpc) is 3.22. The van der Waals surface area contributed by atoms with Crippen LogP contribution in [0.2, 0.25) is 0 Å². The highest BCUT2D eigenvalue weighted by molar-refractivity contribution is 7.99. The molecule has 1 fully saturated rings. The number of thioether (sulfide) groups is 1. The van der Waals surface area contributed by atoms with E-state index in [1.807, 2.05) is 78.6 Å². The summed E-state index contributed by atoms with van der Waals surface area (Å²) >= 11 is 1.46. The Hall–Kier alpha value is -5.61. The molecule has 11 nitrogen and oxygen atoms in total. The molecule has 1 aromatic heterocycles. The number of anilines is 2. The standard InChI is InChI=1S/C43H45F3N6O5S2/c1-5-57-33-11-9-10-29(27-33)30-24-31(26-32(25-30)42(2,3)4)41(54)52-21-19-51(20-22-52)39-17-16-38(48-49-39)40(53)50-59(55,56)35-14-15-37(36(28-35)43(44,45)46)47-18-23-58-34-12-7-6-8-13-34/h6-17,24-28,47H,5,18-23H2,1-4H3,(H,50,53). The molecule has 0 atom stereocenters. The van der Waals surface area contributed by atoms with Gasteiger partial charge in [-0.1, -0.05) is 57.2 Å². The number of sulfonamides is 1. The van der Waals surface area contributed by atoms with E-state index in [-0.39, 0.29) is 29.2 Å². The molecule has 0 bridgehead atoms. The van der Waals surface area contributed by atoms with E-state index in [2.05, 4.69) is 42.4 Å². The van der Waals surface area contributed by atoms with Crippen LogP contribution in [0.3, 0.4) is 0 Å². The average molecular weight is 847 g/mol. The van der Waals surface area contributed by atoms with E-state index >= 15 is 0 Å². The largest absolute Gasteiger partial charge is 0.494 e. The lowest BCUT2D eigenvalue weighted by Gasteiger charge is -2.35. The van der Waals surface area contributed by atoms with Crippen LogP contribution >= 0.6 is 11.8 Å². The minimum atomic E-state index is -4.87. The Morgan fingerprint density at radius 3 is 2.24 bits per heavy atom. The first-order valence-corrected chi connectivity index (χ1v) is 21.5. The molecule has 2 heterocycles. The smallest absolute Gasteiger partial charge is 0.418 e. The van der Waals surface area contributed by atoms with Crippen LogP contribution in [-0.2, 0) is 21.6 Å². The zero-order valence-electron chi connectivity index (χ0n) is 33.0. The highest BCUT2D eigenvalue weighted by Crippen LogP contribution is 2.37. The summed E-state index contributed by atoms with van der Waals surface area (Å²) in [5.41, 5.74) is 1.41. The van der Waals surface area contributed by atoms with Crippen LogP contribution < -0.4 is 19.7 Å². The Kier molecular flexibility index (Phi) is 13.2. The second kappa shape index (κ2) is 18.1. The van der Waals surface area contributed by atoms with Gasteiger partial charge in [-0.15, -0.1) is 22.0 Å². The molecular formula is C43H45F3N6O5S2. The van der Waals surface area contributed by atoms with Crippen LogP contribution in [0.25, 0.3) is 11.1 Å². The quantitative estimate of drug-likeness (QED) is 0.0884. The van der Waals surface area contributed by atoms with Crippen molar-refractivity contribution in [3.8, 4) is 16.9 Å². The number of hydrogen-bond donors (Lipinski definition) is 2. The Morgan fingerprint density at radius 2 is 1.58 bits per heavy atom. The molecule has 4 aromatic carbocycles. The summed E-state index contributed by atoms with van der Waals surface area (Å²) in [7, 11) is -4.72. The molecule has 2 amide bonds. The molecule has 1 aliphatic rings. The van der Waals surface area contributed by atoms with Gasteiger partial charge in [0, 0.05) is 54.6 Å². The van der Waals surface area contributed by atoms with E-state index < -0.39 is 32.6 Å². The minimum absolute atomic E-state index is 0.108. The van der Waals surface area contributed by atoms with Gasteiger partial charge < -0.3 is 19.9 Å². The SMILES string of the molecule is CCOc1cccc(-c2cc(C(=O)N3CCN(c4ccc(C(=O)NS(=O)(=O)c5ccc(NCCSc6ccccc6)c(C(F)(F)F)c5)nn4)CC3)cc(C(C)(C)C)c2)c1. The van der Waals surface area contributed by atoms with Crippen molar-refractivity contribution >= 4 is 45.1 Å². The van der Waals surface area contributed by atoms with Crippen molar-refractivity contribution in [2.75, 3.05) is 55.3 Å². The lowest BCUT2D eigenvalue weighted by atomic mass is 9.84. The van der Waals surface area contributed by atoms with Crippen LogP contribution in [0.1, 0.15) is 59.7 Å². The van der Waals surface area contributed by atoms with Gasteiger partial charge in [-0.3, -0.25) is 9.59 Å². The lowest BCUT2D eigenvalue weighted by molar-refractivity contribution is -0.137. The summed E-state index contributed by atoms with van der Waals surface area (Å²) in [4.78, 5) is 30.7. The predicted octanol–water partition coefficient (Wildman–Crippen LogP) is 8.14. The second-order valence-corrected chi connectivity index (χ2v) is 17.6. The number of nitrogens with zero attached hydrogens (tertiary/aromatic N) is 4. The van der Waals surface area contributed by atoms with E-state index in [4.69, 9.17) is 4.74 Å². The van der Waals surface area contributed by atoms with Crippen LogP contribution in [-0.4, -0.2) is 80.4 Å². The Labute approximate surface area is 346 Å². The third kappa shape index (κ3) is 10.9. The van der Waals surface area contributed by atoms with Gasteiger partial charge in [-0.05, 0) is 95.8 Å². The molecule has 16 heteroatoms. The van der Waals surface area contributed by atoms with Crippen LogP contribution in [0.5, 0.6) is 5.75 Å². The van der Waals surface area contributed by atoms with E-state index in [0.717, 1.165) is 39.5 Å². The molecule has 0 aliphatic carbocycles. The first kappa shape index (κ1) is 43.0. The Morgan fingerprint density at radius 1 is 0.831 bits per heavy atom. The number of amides is 2. The van der Waals surface area contributed by atoms with Crippen molar-refractivity contribution in [2.24, 2.45) is 0 Å². The van der Waals surface area contributed by atoms with Crippen molar-refractivity contribution in [1.29, 1.82) is 0 Å². The molecule has 1 saturated heterocycles. The third-order valence-corrected chi connectivity index (χ3v) is 11.9.